The van der Waals surface area contributed by atoms with Crippen molar-refractivity contribution in [2.24, 2.45) is 34.0 Å². The van der Waals surface area contributed by atoms with Crippen molar-refractivity contribution in [2.75, 3.05) is 6.61 Å². The predicted molar refractivity (Wildman–Crippen MR) is 207 cm³/mol. The molecule has 334 valence electrons. The highest BCUT2D eigenvalue weighted by molar-refractivity contribution is 5.85. The van der Waals surface area contributed by atoms with Gasteiger partial charge < -0.3 is 63.4 Å². The highest BCUT2D eigenvalue weighted by atomic mass is 16.7. The molecule has 0 aromatic rings. The van der Waals surface area contributed by atoms with Gasteiger partial charge in [-0.2, -0.15) is 0 Å². The largest absolute Gasteiger partial charge is 0.459 e. The molecule has 0 spiro atoms. The van der Waals surface area contributed by atoms with E-state index in [0.29, 0.717) is 12.8 Å². The number of fused-ring (bicyclic) bond motifs is 5. The number of hydrogen-bond acceptors (Lipinski definition) is 15. The number of ether oxygens (including phenoxy) is 8. The minimum absolute atomic E-state index is 0.0477. The first-order valence-electron chi connectivity index (χ1n) is 22.2. The second-order valence-corrected chi connectivity index (χ2v) is 20.1. The fraction of sp³-hybridized carbons (Fsp3) is 0.909. The minimum Gasteiger partial charge on any atom is -0.459 e. The first kappa shape index (κ1) is 43.9. The van der Waals surface area contributed by atoms with Gasteiger partial charge in [-0.15, -0.1) is 0 Å². The number of aliphatic hydroxyl groups excluding tert-OH is 4. The van der Waals surface area contributed by atoms with Crippen LogP contribution in [0.4, 0.5) is 0 Å². The number of carbonyl (C=O) groups is 2. The van der Waals surface area contributed by atoms with Crippen molar-refractivity contribution >= 4 is 11.9 Å². The van der Waals surface area contributed by atoms with Gasteiger partial charge in [0, 0.05) is 37.7 Å². The SMILES string of the molecule is CC(=O)O[C@H]1C[C@H](O[C@H]2[C@@H](O)C[C@H](O[C@H]3[C@@H](O)C[C@H](O[C@H]4CC[C@]5(C)C6C[C@@H](O)[C@]7(C)[C@@H](C8=CC(=O)OC8)CC[C@]7(O)C6CC[C@]5(C)C4)O[C@@H]3C)O[C@@H]2C)O[C@H](C)[C@H]1O. The van der Waals surface area contributed by atoms with E-state index in [1.807, 2.05) is 13.8 Å². The lowest BCUT2D eigenvalue weighted by molar-refractivity contribution is -0.337. The molecule has 4 aliphatic heterocycles. The monoisotopic (exact) mass is 836 g/mol. The van der Waals surface area contributed by atoms with Crippen molar-refractivity contribution in [1.29, 1.82) is 0 Å². The lowest BCUT2D eigenvalue weighted by Crippen LogP contribution is -2.68. The first-order valence-corrected chi connectivity index (χ1v) is 22.2. The van der Waals surface area contributed by atoms with Crippen LogP contribution in [0.1, 0.15) is 119 Å². The zero-order chi connectivity index (χ0) is 42.4. The Bertz CT molecular complexity index is 1580. The highest BCUT2D eigenvalue weighted by Crippen LogP contribution is 2.72. The summed E-state index contributed by atoms with van der Waals surface area (Å²) in [5, 5.41) is 57.6. The Morgan fingerprint density at radius 3 is 1.97 bits per heavy atom. The molecule has 4 saturated carbocycles. The van der Waals surface area contributed by atoms with Crippen LogP contribution in [0.5, 0.6) is 0 Å². The Hall–Kier alpha value is -1.76. The zero-order valence-electron chi connectivity index (χ0n) is 35.7. The molecule has 0 bridgehead atoms. The summed E-state index contributed by atoms with van der Waals surface area (Å²) in [6.07, 6.45) is -1.93. The Labute approximate surface area is 347 Å². The molecule has 5 N–H and O–H groups in total. The highest BCUT2D eigenvalue weighted by Gasteiger charge is 2.72. The Kier molecular flexibility index (Phi) is 12.0. The van der Waals surface area contributed by atoms with E-state index in [-0.39, 0.29) is 66.5 Å². The van der Waals surface area contributed by atoms with Crippen molar-refractivity contribution in [3.05, 3.63) is 11.6 Å². The smallest absolute Gasteiger partial charge is 0.331 e. The van der Waals surface area contributed by atoms with E-state index in [9.17, 15) is 35.1 Å². The number of hydrogen-bond donors (Lipinski definition) is 5. The first-order chi connectivity index (χ1) is 27.8. The van der Waals surface area contributed by atoms with Gasteiger partial charge in [0.05, 0.1) is 48.3 Å². The summed E-state index contributed by atoms with van der Waals surface area (Å²) in [7, 11) is 0. The van der Waals surface area contributed by atoms with Crippen molar-refractivity contribution in [3.8, 4) is 0 Å². The van der Waals surface area contributed by atoms with Gasteiger partial charge in [-0.1, -0.05) is 20.8 Å². The molecule has 8 aliphatic rings. The molecular formula is C44H68O15. The molecule has 3 saturated heterocycles. The number of esters is 2. The van der Waals surface area contributed by atoms with E-state index in [2.05, 4.69) is 13.8 Å². The lowest BCUT2D eigenvalue weighted by atomic mass is 9.39. The Morgan fingerprint density at radius 2 is 1.37 bits per heavy atom. The summed E-state index contributed by atoms with van der Waals surface area (Å²) in [6.45, 7) is 13.5. The van der Waals surface area contributed by atoms with Crippen LogP contribution in [0.15, 0.2) is 11.6 Å². The molecule has 0 aromatic carbocycles. The average Bonchev–Trinajstić information content (AvgIpc) is 3.71. The van der Waals surface area contributed by atoms with E-state index in [4.69, 9.17) is 37.9 Å². The molecule has 59 heavy (non-hydrogen) atoms. The molecule has 4 heterocycles. The van der Waals surface area contributed by atoms with E-state index in [1.165, 1.54) is 6.92 Å². The van der Waals surface area contributed by atoms with Gasteiger partial charge in [0.15, 0.2) is 18.9 Å². The van der Waals surface area contributed by atoms with Crippen LogP contribution in [0, 0.1) is 34.0 Å². The van der Waals surface area contributed by atoms with Crippen molar-refractivity contribution in [1.82, 2.24) is 0 Å². The molecule has 4 aliphatic carbocycles. The standard InChI is InChI=1S/C44H68O15/c1-21-38(50)32(56-24(4)45)18-37(53-21)59-40-23(3)55-36(17-31(40)47)58-39-22(2)54-35(16-30(39)46)57-26-8-12-42(6)29-15-33(48)43(7)27(25-14-34(49)52-20-25)10-13-44(43,51)28(29)9-11-41(42,5)19-26/h14,21-23,26-33,35-40,46-48,50-51H,8-13,15-20H2,1-7H3/t21-,22-,23-,26+,27-,28?,29?,30+,31+,32+,33-,35+,36+,37+,38-,39-,40-,41-,42-,43+,44+/m1/s1. The van der Waals surface area contributed by atoms with E-state index < -0.39 is 96.9 Å². The summed E-state index contributed by atoms with van der Waals surface area (Å²) in [6, 6.07) is 0. The van der Waals surface area contributed by atoms with Gasteiger partial charge in [0.2, 0.25) is 0 Å². The maximum Gasteiger partial charge on any atom is 0.331 e. The van der Waals surface area contributed by atoms with Gasteiger partial charge in [0.25, 0.3) is 0 Å². The predicted octanol–water partition coefficient (Wildman–Crippen LogP) is 3.18. The number of cyclic esters (lactones) is 1. The number of aliphatic hydroxyl groups is 5. The van der Waals surface area contributed by atoms with Crippen LogP contribution in [-0.4, -0.2) is 136 Å². The van der Waals surface area contributed by atoms with Crippen LogP contribution in [0.25, 0.3) is 0 Å². The van der Waals surface area contributed by atoms with Crippen LogP contribution in [0.3, 0.4) is 0 Å². The normalized spacial score (nSPS) is 53.7. The molecule has 15 heteroatoms. The second kappa shape index (κ2) is 16.1. The van der Waals surface area contributed by atoms with E-state index >= 15 is 0 Å². The van der Waals surface area contributed by atoms with Crippen LogP contribution in [0.2, 0.25) is 0 Å². The topological polar surface area (TPSA) is 209 Å². The summed E-state index contributed by atoms with van der Waals surface area (Å²) in [5.41, 5.74) is -1.11. The molecule has 8 rings (SSSR count). The molecule has 0 radical (unpaired) electrons. The zero-order valence-corrected chi connectivity index (χ0v) is 35.7. The number of carbonyl (C=O) groups excluding carboxylic acids is 2. The van der Waals surface area contributed by atoms with Crippen molar-refractivity contribution in [2.45, 2.75) is 211 Å². The fourth-order valence-corrected chi connectivity index (χ4v) is 13.4. The van der Waals surface area contributed by atoms with Crippen LogP contribution in [-0.2, 0) is 47.5 Å². The lowest BCUT2D eigenvalue weighted by Gasteiger charge is -2.68. The minimum atomic E-state index is -1.04. The maximum absolute atomic E-state index is 12.7. The quantitative estimate of drug-likeness (QED) is 0.176. The van der Waals surface area contributed by atoms with Gasteiger partial charge in [0.1, 0.15) is 31.0 Å². The summed E-state index contributed by atoms with van der Waals surface area (Å²) in [5.74, 6) is -0.767. The molecule has 2 unspecified atom stereocenters. The molecule has 21 atom stereocenters. The van der Waals surface area contributed by atoms with Crippen molar-refractivity contribution in [3.63, 3.8) is 0 Å². The maximum atomic E-state index is 12.7. The fourth-order valence-electron chi connectivity index (χ4n) is 13.4. The average molecular weight is 837 g/mol. The van der Waals surface area contributed by atoms with Gasteiger partial charge in [-0.25, -0.2) is 4.79 Å². The summed E-state index contributed by atoms with van der Waals surface area (Å²) >= 11 is 0. The second-order valence-electron chi connectivity index (χ2n) is 20.1. The molecule has 0 amide bonds. The molecular weight excluding hydrogens is 768 g/mol. The van der Waals surface area contributed by atoms with Gasteiger partial charge >= 0.3 is 11.9 Å². The summed E-state index contributed by atoms with van der Waals surface area (Å²) < 4.78 is 47.8. The third-order valence-corrected chi connectivity index (χ3v) is 17.0. The summed E-state index contributed by atoms with van der Waals surface area (Å²) in [4.78, 5) is 23.6. The third kappa shape index (κ3) is 7.53. The molecule has 15 nitrogen and oxygen atoms in total. The van der Waals surface area contributed by atoms with Gasteiger partial charge in [-0.3, -0.25) is 4.79 Å². The van der Waals surface area contributed by atoms with Crippen molar-refractivity contribution < 1.29 is 73.0 Å². The van der Waals surface area contributed by atoms with Gasteiger partial charge in [-0.05, 0) is 106 Å². The number of rotatable bonds is 8. The van der Waals surface area contributed by atoms with Crippen LogP contribution >= 0.6 is 0 Å². The van der Waals surface area contributed by atoms with E-state index in [0.717, 1.165) is 44.1 Å². The molecule has 7 fully saturated rings. The third-order valence-electron chi connectivity index (χ3n) is 17.0. The Balaban J connectivity index is 0.845. The van der Waals surface area contributed by atoms with E-state index in [1.54, 1.807) is 19.9 Å². The molecule has 0 aromatic heterocycles. The van der Waals surface area contributed by atoms with Crippen LogP contribution < -0.4 is 0 Å². The Morgan fingerprint density at radius 1 is 0.763 bits per heavy atom.